The summed E-state index contributed by atoms with van der Waals surface area (Å²) in [5, 5.41) is 0. The van der Waals surface area contributed by atoms with Crippen LogP contribution in [0.3, 0.4) is 0 Å². The van der Waals surface area contributed by atoms with Crippen molar-refractivity contribution >= 4 is 17.4 Å². The molecular weight excluding hydrogens is 292 g/mol. The van der Waals surface area contributed by atoms with E-state index in [0.717, 1.165) is 16.8 Å². The Hall–Kier alpha value is -2.11. The standard InChI is InChI=1S/C18H25N2O3/c1-6-19(2)18(21)23-16-11-7-10-15-17(16)14(9-8-12-22-5)13-20(15,3)4/h7-11,13H,6,12H2,1-5H3/q+1/b9-8+. The number of rotatable bonds is 5. The van der Waals surface area contributed by atoms with E-state index in [1.54, 1.807) is 19.1 Å². The Morgan fingerprint density at radius 1 is 1.35 bits per heavy atom. The lowest BCUT2D eigenvalue weighted by molar-refractivity contribution is 0.165. The van der Waals surface area contributed by atoms with E-state index >= 15 is 0 Å². The number of hydrogen-bond acceptors (Lipinski definition) is 3. The minimum atomic E-state index is -0.349. The lowest BCUT2D eigenvalue weighted by Crippen LogP contribution is -2.32. The molecule has 5 nitrogen and oxygen atoms in total. The molecule has 0 unspecified atom stereocenters. The topological polar surface area (TPSA) is 38.8 Å². The van der Waals surface area contributed by atoms with Gasteiger partial charge in [-0.05, 0) is 13.0 Å². The van der Waals surface area contributed by atoms with E-state index < -0.39 is 0 Å². The summed E-state index contributed by atoms with van der Waals surface area (Å²) in [6, 6.07) is 5.82. The monoisotopic (exact) mass is 317 g/mol. The molecule has 23 heavy (non-hydrogen) atoms. The zero-order valence-electron chi connectivity index (χ0n) is 14.5. The summed E-state index contributed by atoms with van der Waals surface area (Å²) in [7, 11) is 7.58. The van der Waals surface area contributed by atoms with Gasteiger partial charge in [-0.25, -0.2) is 4.79 Å². The van der Waals surface area contributed by atoms with Crippen LogP contribution in [0.4, 0.5) is 10.5 Å². The molecule has 0 spiro atoms. The summed E-state index contributed by atoms with van der Waals surface area (Å²) in [6.45, 7) is 3.06. The van der Waals surface area contributed by atoms with E-state index in [9.17, 15) is 4.79 Å². The van der Waals surface area contributed by atoms with Crippen LogP contribution >= 0.6 is 0 Å². The maximum absolute atomic E-state index is 12.1. The average molecular weight is 317 g/mol. The summed E-state index contributed by atoms with van der Waals surface area (Å²) in [5.74, 6) is 0.588. The number of hydrogen-bond donors (Lipinski definition) is 0. The minimum absolute atomic E-state index is 0.349. The number of fused-ring (bicyclic) bond motifs is 1. The number of methoxy groups -OCH3 is 1. The Morgan fingerprint density at radius 3 is 2.74 bits per heavy atom. The predicted molar refractivity (Wildman–Crippen MR) is 93.4 cm³/mol. The molecule has 1 aromatic rings. The maximum Gasteiger partial charge on any atom is 0.414 e. The second-order valence-electron chi connectivity index (χ2n) is 6.01. The molecule has 1 aliphatic heterocycles. The smallest absolute Gasteiger partial charge is 0.409 e. The second kappa shape index (κ2) is 6.98. The molecule has 0 radical (unpaired) electrons. The van der Waals surface area contributed by atoms with E-state index in [0.29, 0.717) is 23.4 Å². The Balaban J connectivity index is 2.40. The summed E-state index contributed by atoms with van der Waals surface area (Å²) in [6.07, 6.45) is 5.75. The highest BCUT2D eigenvalue weighted by Crippen LogP contribution is 2.44. The Bertz CT molecular complexity index is 648. The summed E-state index contributed by atoms with van der Waals surface area (Å²) in [4.78, 5) is 13.7. The zero-order chi connectivity index (χ0) is 17.0. The number of carbonyl (C=O) groups excluding carboxylic acids is 1. The molecule has 0 aliphatic carbocycles. The molecule has 0 N–H and O–H groups in total. The number of ether oxygens (including phenoxy) is 2. The highest BCUT2D eigenvalue weighted by Gasteiger charge is 2.33. The van der Waals surface area contributed by atoms with Gasteiger partial charge in [0.1, 0.15) is 17.6 Å². The van der Waals surface area contributed by atoms with Crippen molar-refractivity contribution in [3.05, 3.63) is 42.1 Å². The fourth-order valence-electron chi connectivity index (χ4n) is 2.56. The fraction of sp³-hybridized carbons (Fsp3) is 0.389. The van der Waals surface area contributed by atoms with E-state index in [-0.39, 0.29) is 6.09 Å². The molecule has 124 valence electrons. The first kappa shape index (κ1) is 17.2. The maximum atomic E-state index is 12.1. The highest BCUT2D eigenvalue weighted by molar-refractivity contribution is 5.91. The molecule has 1 aromatic carbocycles. The van der Waals surface area contributed by atoms with E-state index in [4.69, 9.17) is 9.47 Å². The summed E-state index contributed by atoms with van der Waals surface area (Å²) < 4.78 is 11.3. The first-order chi connectivity index (χ1) is 10.9. The first-order valence-corrected chi connectivity index (χ1v) is 7.69. The lowest BCUT2D eigenvalue weighted by Gasteiger charge is -2.22. The number of allylic oxidation sites excluding steroid dienone is 2. The number of benzene rings is 1. The number of nitrogens with zero attached hydrogens (tertiary/aromatic N) is 2. The molecule has 1 heterocycles. The number of amides is 1. The van der Waals surface area contributed by atoms with Crippen LogP contribution in [0.2, 0.25) is 0 Å². The van der Waals surface area contributed by atoms with Crippen LogP contribution in [0, 0.1) is 0 Å². The Kier molecular flexibility index (Phi) is 5.23. The molecule has 1 amide bonds. The molecule has 0 bridgehead atoms. The van der Waals surface area contributed by atoms with Gasteiger partial charge in [0, 0.05) is 32.3 Å². The van der Waals surface area contributed by atoms with Gasteiger partial charge >= 0.3 is 6.09 Å². The third-order valence-electron chi connectivity index (χ3n) is 3.92. The molecule has 0 saturated carbocycles. The normalized spacial score (nSPS) is 15.4. The van der Waals surface area contributed by atoms with Gasteiger partial charge in [-0.15, -0.1) is 0 Å². The van der Waals surface area contributed by atoms with Crippen LogP contribution in [0.25, 0.3) is 5.57 Å². The van der Waals surface area contributed by atoms with Crippen LogP contribution in [0.1, 0.15) is 12.5 Å². The van der Waals surface area contributed by atoms with Crippen molar-refractivity contribution in [3.8, 4) is 5.75 Å². The van der Waals surface area contributed by atoms with Crippen LogP contribution in [0.15, 0.2) is 36.6 Å². The van der Waals surface area contributed by atoms with Gasteiger partial charge in [0.05, 0.1) is 26.3 Å². The zero-order valence-corrected chi connectivity index (χ0v) is 14.5. The molecule has 1 aliphatic rings. The highest BCUT2D eigenvalue weighted by atomic mass is 16.6. The van der Waals surface area contributed by atoms with E-state index in [1.165, 1.54) is 0 Å². The van der Waals surface area contributed by atoms with Crippen molar-refractivity contribution in [2.24, 2.45) is 0 Å². The van der Waals surface area contributed by atoms with Gasteiger partial charge in [0.25, 0.3) is 0 Å². The Labute approximate surface area is 138 Å². The van der Waals surface area contributed by atoms with Crippen molar-refractivity contribution in [1.29, 1.82) is 0 Å². The summed E-state index contributed by atoms with van der Waals surface area (Å²) >= 11 is 0. The van der Waals surface area contributed by atoms with Gasteiger partial charge in [-0.3, -0.25) is 4.48 Å². The second-order valence-corrected chi connectivity index (χ2v) is 6.01. The average Bonchev–Trinajstić information content (AvgIpc) is 2.79. The van der Waals surface area contributed by atoms with Crippen molar-refractivity contribution in [1.82, 2.24) is 9.38 Å². The third-order valence-corrected chi connectivity index (χ3v) is 3.92. The minimum Gasteiger partial charge on any atom is -0.409 e. The van der Waals surface area contributed by atoms with Crippen molar-refractivity contribution in [2.75, 3.05) is 41.4 Å². The number of quaternary nitrogens is 1. The van der Waals surface area contributed by atoms with Crippen LogP contribution in [-0.4, -0.2) is 52.4 Å². The van der Waals surface area contributed by atoms with Crippen molar-refractivity contribution in [2.45, 2.75) is 6.92 Å². The first-order valence-electron chi connectivity index (χ1n) is 7.69. The SMILES string of the molecule is CCN(C)C(=O)Oc1cccc2c1C(/C=C/COC)=C[N+]2(C)C. The lowest BCUT2D eigenvalue weighted by atomic mass is 10.1. The van der Waals surface area contributed by atoms with Crippen molar-refractivity contribution < 1.29 is 14.3 Å². The molecule has 0 fully saturated rings. The predicted octanol–water partition coefficient (Wildman–Crippen LogP) is 3.26. The molecular formula is C18H25N2O3+. The Morgan fingerprint density at radius 2 is 2.09 bits per heavy atom. The molecule has 0 saturated heterocycles. The third kappa shape index (κ3) is 3.63. The van der Waals surface area contributed by atoms with Gasteiger partial charge in [-0.2, -0.15) is 0 Å². The van der Waals surface area contributed by atoms with Gasteiger partial charge in [0.15, 0.2) is 0 Å². The van der Waals surface area contributed by atoms with Crippen molar-refractivity contribution in [3.63, 3.8) is 0 Å². The van der Waals surface area contributed by atoms with E-state index in [1.807, 2.05) is 31.2 Å². The summed E-state index contributed by atoms with van der Waals surface area (Å²) in [5.41, 5.74) is 3.10. The van der Waals surface area contributed by atoms with Gasteiger partial charge in [0.2, 0.25) is 0 Å². The van der Waals surface area contributed by atoms with E-state index in [2.05, 4.69) is 26.4 Å². The molecule has 0 aromatic heterocycles. The fourth-order valence-corrected chi connectivity index (χ4v) is 2.56. The van der Waals surface area contributed by atoms with Crippen LogP contribution in [-0.2, 0) is 4.74 Å². The van der Waals surface area contributed by atoms with Crippen LogP contribution < -0.4 is 9.22 Å². The number of carbonyl (C=O) groups is 1. The molecule has 0 atom stereocenters. The van der Waals surface area contributed by atoms with Crippen LogP contribution in [0.5, 0.6) is 5.75 Å². The molecule has 5 heteroatoms. The quantitative estimate of drug-likeness (QED) is 0.783. The largest absolute Gasteiger partial charge is 0.414 e. The van der Waals surface area contributed by atoms with Gasteiger partial charge < -0.3 is 14.4 Å². The van der Waals surface area contributed by atoms with Gasteiger partial charge in [-0.1, -0.05) is 18.2 Å². The molecule has 2 rings (SSSR count).